The molecule has 0 bridgehead atoms. The van der Waals surface area contributed by atoms with Crippen LogP contribution < -0.4 is 13.7 Å². The van der Waals surface area contributed by atoms with Crippen LogP contribution in [0, 0.1) is 0 Å². The molecule has 0 saturated carbocycles. The highest BCUT2D eigenvalue weighted by molar-refractivity contribution is 14.1. The van der Waals surface area contributed by atoms with E-state index in [4.69, 9.17) is 15.6 Å². The molecule has 4 N–H and O–H groups in total. The Morgan fingerprint density at radius 1 is 1.53 bits per heavy atom. The largest absolute Gasteiger partial charge is 0.394 e. The van der Waals surface area contributed by atoms with Gasteiger partial charge in [0.05, 0.1) is 35.6 Å². The maximum Gasteiger partial charge on any atom is 0.162 e. The number of aliphatic hydroxyl groups is 2. The van der Waals surface area contributed by atoms with Crippen LogP contribution in [0.3, 0.4) is 0 Å². The van der Waals surface area contributed by atoms with Crippen LogP contribution >= 0.6 is 22.9 Å². The maximum absolute atomic E-state index is 9.80. The molecule has 104 valence electrons. The summed E-state index contributed by atoms with van der Waals surface area (Å²) in [4.78, 5) is 10.1. The van der Waals surface area contributed by atoms with Gasteiger partial charge in [-0.05, 0) is 0 Å². The Balaban J connectivity index is 1.88. The molecule has 0 spiro atoms. The van der Waals surface area contributed by atoms with Gasteiger partial charge in [-0.25, -0.2) is 9.97 Å². The van der Waals surface area contributed by atoms with Crippen molar-refractivity contribution in [3.63, 3.8) is 0 Å². The average Bonchev–Trinajstić information content (AvgIpc) is 2.91. The lowest BCUT2D eigenvalue weighted by atomic mass is 10.2. The zero-order valence-electron chi connectivity index (χ0n) is 9.98. The molecule has 2 aliphatic rings. The quantitative estimate of drug-likeness (QED) is 0.465. The predicted octanol–water partition coefficient (Wildman–Crippen LogP) is -0.539. The molecular formula is C10H14IN5O3. The first-order valence-corrected chi connectivity index (χ1v) is 6.83. The van der Waals surface area contributed by atoms with E-state index in [9.17, 15) is 5.11 Å². The predicted molar refractivity (Wildman–Crippen MR) is 76.7 cm³/mol. The Morgan fingerprint density at radius 2 is 2.32 bits per heavy atom. The second-order valence-electron chi connectivity index (χ2n) is 4.52. The molecule has 1 unspecified atom stereocenters. The van der Waals surface area contributed by atoms with E-state index in [-0.39, 0.29) is 12.8 Å². The molecular weight excluding hydrogens is 365 g/mol. The van der Waals surface area contributed by atoms with Gasteiger partial charge in [-0.15, -0.1) is 0 Å². The Kier molecular flexibility index (Phi) is 3.37. The molecule has 9 heteroatoms. The van der Waals surface area contributed by atoms with Gasteiger partial charge in [0, 0.05) is 6.42 Å². The van der Waals surface area contributed by atoms with Crippen LogP contribution in [0.1, 0.15) is 6.42 Å². The average molecular weight is 379 g/mol. The molecule has 1 saturated heterocycles. The molecule has 3 atom stereocenters. The number of aromatic nitrogens is 2. The van der Waals surface area contributed by atoms with Crippen LogP contribution in [0.4, 0.5) is 17.3 Å². The van der Waals surface area contributed by atoms with Crippen molar-refractivity contribution >= 4 is 40.2 Å². The highest BCUT2D eigenvalue weighted by Crippen LogP contribution is 2.42. The number of ether oxygens (including phenoxy) is 1. The summed E-state index contributed by atoms with van der Waals surface area (Å²) in [6, 6.07) is 0. The summed E-state index contributed by atoms with van der Waals surface area (Å²) in [6.07, 6.45) is 0.307. The standard InChI is InChI=1S/C10H14IN5O3/c11-16-4-15(7-1-5(18)6(2-17)19-7)10-8(16)9(12)13-3-14-10/h3,5-7,17-18H,1-2,4H2,(H2,12,13,14)/t5?,6-,7-/m1/s1. The smallest absolute Gasteiger partial charge is 0.162 e. The molecule has 0 aromatic carbocycles. The maximum atomic E-state index is 9.80. The van der Waals surface area contributed by atoms with Gasteiger partial charge in [0.15, 0.2) is 11.6 Å². The van der Waals surface area contributed by atoms with E-state index in [1.807, 2.05) is 8.01 Å². The van der Waals surface area contributed by atoms with Gasteiger partial charge in [-0.3, -0.25) is 3.11 Å². The first kappa shape index (κ1) is 13.1. The van der Waals surface area contributed by atoms with Crippen LogP contribution in [0.15, 0.2) is 6.33 Å². The monoisotopic (exact) mass is 379 g/mol. The van der Waals surface area contributed by atoms with Crippen LogP contribution in [-0.2, 0) is 4.74 Å². The third kappa shape index (κ3) is 2.10. The number of rotatable bonds is 2. The number of nitrogens with zero attached hydrogens (tertiary/aromatic N) is 4. The Hall–Kier alpha value is -0.910. The molecule has 3 rings (SSSR count). The van der Waals surface area contributed by atoms with E-state index < -0.39 is 12.2 Å². The first-order valence-electron chi connectivity index (χ1n) is 5.86. The van der Waals surface area contributed by atoms with Gasteiger partial charge in [-0.1, -0.05) is 0 Å². The van der Waals surface area contributed by atoms with Crippen molar-refractivity contribution in [1.29, 1.82) is 0 Å². The van der Waals surface area contributed by atoms with Crippen molar-refractivity contribution in [2.24, 2.45) is 0 Å². The summed E-state index contributed by atoms with van der Waals surface area (Å²) in [5, 5.41) is 18.9. The summed E-state index contributed by atoms with van der Waals surface area (Å²) in [5.74, 6) is 1.11. The van der Waals surface area contributed by atoms with Gasteiger partial charge < -0.3 is 25.6 Å². The third-order valence-corrected chi connectivity index (χ3v) is 4.14. The van der Waals surface area contributed by atoms with Gasteiger partial charge >= 0.3 is 0 Å². The number of hydrogen-bond acceptors (Lipinski definition) is 8. The second kappa shape index (κ2) is 4.89. The number of nitrogens with two attached hydrogens (primary N) is 1. The van der Waals surface area contributed by atoms with Crippen molar-refractivity contribution in [3.8, 4) is 0 Å². The summed E-state index contributed by atoms with van der Waals surface area (Å²) in [5.41, 5.74) is 6.61. The van der Waals surface area contributed by atoms with Crippen molar-refractivity contribution in [2.45, 2.75) is 24.9 Å². The molecule has 0 aliphatic carbocycles. The van der Waals surface area contributed by atoms with Crippen molar-refractivity contribution in [1.82, 2.24) is 9.97 Å². The molecule has 19 heavy (non-hydrogen) atoms. The summed E-state index contributed by atoms with van der Waals surface area (Å²) in [7, 11) is 0. The second-order valence-corrected chi connectivity index (χ2v) is 5.68. The van der Waals surface area contributed by atoms with E-state index in [2.05, 4.69) is 32.8 Å². The fourth-order valence-electron chi connectivity index (χ4n) is 2.40. The summed E-state index contributed by atoms with van der Waals surface area (Å²) >= 11 is 2.13. The lowest BCUT2D eigenvalue weighted by molar-refractivity contribution is -0.0219. The fraction of sp³-hybridized carbons (Fsp3) is 0.600. The van der Waals surface area contributed by atoms with Crippen molar-refractivity contribution in [2.75, 3.05) is 27.0 Å². The van der Waals surface area contributed by atoms with Gasteiger partial charge in [0.1, 0.15) is 31.0 Å². The number of nitrogen functional groups attached to an aromatic ring is 1. The van der Waals surface area contributed by atoms with Crippen LogP contribution in [-0.4, -0.2) is 51.9 Å². The topological polar surface area (TPSA) is 108 Å². The number of anilines is 3. The van der Waals surface area contributed by atoms with Crippen molar-refractivity contribution in [3.05, 3.63) is 6.33 Å². The highest BCUT2D eigenvalue weighted by Gasteiger charge is 2.41. The minimum atomic E-state index is -0.666. The Morgan fingerprint density at radius 3 is 3.00 bits per heavy atom. The SMILES string of the molecule is Nc1ncnc2c1N(I)CN2[C@H]1CC(O)[C@@H](CO)O1. The van der Waals surface area contributed by atoms with Crippen LogP contribution in [0.25, 0.3) is 0 Å². The number of aliphatic hydroxyl groups excluding tert-OH is 2. The lowest BCUT2D eigenvalue weighted by Gasteiger charge is -2.24. The van der Waals surface area contributed by atoms with Gasteiger partial charge in [-0.2, -0.15) is 0 Å². The van der Waals surface area contributed by atoms with Gasteiger partial charge in [0.25, 0.3) is 0 Å². The normalized spacial score (nSPS) is 29.9. The molecule has 0 amide bonds. The molecule has 1 aromatic heterocycles. The van der Waals surface area contributed by atoms with Gasteiger partial charge in [0.2, 0.25) is 0 Å². The molecule has 2 aliphatic heterocycles. The minimum absolute atomic E-state index is 0.196. The van der Waals surface area contributed by atoms with Crippen LogP contribution in [0.2, 0.25) is 0 Å². The zero-order chi connectivity index (χ0) is 13.6. The highest BCUT2D eigenvalue weighted by atomic mass is 127. The fourth-order valence-corrected chi connectivity index (χ4v) is 3.19. The van der Waals surface area contributed by atoms with E-state index in [1.54, 1.807) is 0 Å². The first-order chi connectivity index (χ1) is 9.11. The zero-order valence-corrected chi connectivity index (χ0v) is 12.1. The molecule has 3 heterocycles. The molecule has 0 radical (unpaired) electrons. The Bertz CT molecular complexity index is 490. The molecule has 1 aromatic rings. The van der Waals surface area contributed by atoms with E-state index >= 15 is 0 Å². The van der Waals surface area contributed by atoms with Crippen LogP contribution in [0.5, 0.6) is 0 Å². The summed E-state index contributed by atoms with van der Waals surface area (Å²) in [6.45, 7) is 0.354. The van der Waals surface area contributed by atoms with Crippen molar-refractivity contribution < 1.29 is 14.9 Å². The molecule has 8 nitrogen and oxygen atoms in total. The lowest BCUT2D eigenvalue weighted by Crippen LogP contribution is -2.37. The third-order valence-electron chi connectivity index (χ3n) is 3.35. The Labute approximate surface area is 123 Å². The number of hydrogen-bond donors (Lipinski definition) is 3. The summed E-state index contributed by atoms with van der Waals surface area (Å²) < 4.78 is 7.55. The van der Waals surface area contributed by atoms with E-state index in [0.29, 0.717) is 24.7 Å². The minimum Gasteiger partial charge on any atom is -0.394 e. The van der Waals surface area contributed by atoms with E-state index in [1.165, 1.54) is 6.33 Å². The number of halogens is 1. The van der Waals surface area contributed by atoms with E-state index in [0.717, 1.165) is 5.69 Å². The number of fused-ring (bicyclic) bond motifs is 1. The molecule has 1 fully saturated rings.